The van der Waals surface area contributed by atoms with Gasteiger partial charge in [-0.2, -0.15) is 17.8 Å². The van der Waals surface area contributed by atoms with Crippen molar-refractivity contribution in [2.75, 3.05) is 5.75 Å². The molecule has 36 heavy (non-hydrogen) atoms. The molecular formula is C26H32N8OS. The summed E-state index contributed by atoms with van der Waals surface area (Å²) in [7, 11) is 0. The van der Waals surface area contributed by atoms with Crippen LogP contribution in [-0.4, -0.2) is 53.3 Å². The van der Waals surface area contributed by atoms with Crippen molar-refractivity contribution < 1.29 is 4.79 Å². The maximum atomic E-state index is 12.9. The summed E-state index contributed by atoms with van der Waals surface area (Å²) in [5, 5.41) is 17.4. The molecule has 0 fully saturated rings. The lowest BCUT2D eigenvalue weighted by molar-refractivity contribution is 0.0927. The maximum absolute atomic E-state index is 12.9. The summed E-state index contributed by atoms with van der Waals surface area (Å²) in [6, 6.07) is 11.9. The van der Waals surface area contributed by atoms with E-state index in [0.29, 0.717) is 29.7 Å². The second-order valence-electron chi connectivity index (χ2n) is 9.25. The van der Waals surface area contributed by atoms with E-state index in [9.17, 15) is 4.79 Å². The van der Waals surface area contributed by atoms with Crippen LogP contribution < -0.4 is 5.32 Å². The van der Waals surface area contributed by atoms with Gasteiger partial charge in [0.1, 0.15) is 0 Å². The van der Waals surface area contributed by atoms with Crippen LogP contribution in [0.5, 0.6) is 0 Å². The van der Waals surface area contributed by atoms with Crippen molar-refractivity contribution >= 4 is 18.5 Å². The minimum absolute atomic E-state index is 0.0103. The van der Waals surface area contributed by atoms with E-state index in [2.05, 4.69) is 69.3 Å². The molecule has 0 saturated heterocycles. The number of rotatable bonds is 11. The standard InChI is InChI=1S/C26H32N8OS/c1-4-7-22-23(30-25(29-22)26(35)28-18(15-36)12-16(2)3)13-17-10-11-21(27-14-17)19-8-5-6-9-20(19)24-31-33-34-32-24/h5-6,8-11,14,16,18,36H,4,7,12-13,15H2,1-3H3,(H,28,35)(H,29,30)(H,31,32,33,34). The number of aryl methyl sites for hydroxylation is 1. The molecular weight excluding hydrogens is 472 g/mol. The number of hydrogen-bond donors (Lipinski definition) is 4. The van der Waals surface area contributed by atoms with E-state index in [1.54, 1.807) is 0 Å². The number of thiol groups is 1. The highest BCUT2D eigenvalue weighted by atomic mass is 32.1. The Morgan fingerprint density at radius 2 is 1.94 bits per heavy atom. The van der Waals surface area contributed by atoms with Gasteiger partial charge in [0.15, 0.2) is 5.82 Å². The molecule has 9 nitrogen and oxygen atoms in total. The maximum Gasteiger partial charge on any atom is 0.287 e. The Morgan fingerprint density at radius 1 is 1.14 bits per heavy atom. The molecule has 10 heteroatoms. The Kier molecular flexibility index (Phi) is 8.48. The van der Waals surface area contributed by atoms with E-state index in [1.807, 2.05) is 42.6 Å². The molecule has 3 heterocycles. The van der Waals surface area contributed by atoms with Crippen LogP contribution in [0.1, 0.15) is 61.2 Å². The molecule has 0 aliphatic rings. The van der Waals surface area contributed by atoms with Gasteiger partial charge in [-0.1, -0.05) is 57.5 Å². The number of aromatic nitrogens is 7. The third kappa shape index (κ3) is 6.17. The first kappa shape index (κ1) is 25.6. The summed E-state index contributed by atoms with van der Waals surface area (Å²) < 4.78 is 0. The molecule has 0 aliphatic carbocycles. The fourth-order valence-corrected chi connectivity index (χ4v) is 4.45. The van der Waals surface area contributed by atoms with Gasteiger partial charge in [0.05, 0.1) is 11.4 Å². The lowest BCUT2D eigenvalue weighted by atomic mass is 10.0. The zero-order valence-electron chi connectivity index (χ0n) is 20.8. The summed E-state index contributed by atoms with van der Waals surface area (Å²) >= 11 is 4.40. The van der Waals surface area contributed by atoms with E-state index < -0.39 is 0 Å². The molecule has 0 saturated carbocycles. The van der Waals surface area contributed by atoms with E-state index >= 15 is 0 Å². The average Bonchev–Trinajstić information content (AvgIpc) is 3.55. The predicted octanol–water partition coefficient (Wildman–Crippen LogP) is 4.27. The number of benzene rings is 1. The van der Waals surface area contributed by atoms with Gasteiger partial charge < -0.3 is 10.3 Å². The summed E-state index contributed by atoms with van der Waals surface area (Å²) in [6.45, 7) is 6.38. The van der Waals surface area contributed by atoms with Gasteiger partial charge in [0.2, 0.25) is 5.82 Å². The number of nitrogens with zero attached hydrogens (tertiary/aromatic N) is 5. The van der Waals surface area contributed by atoms with Crippen molar-refractivity contribution in [3.63, 3.8) is 0 Å². The second kappa shape index (κ2) is 11.9. The minimum atomic E-state index is -0.190. The largest absolute Gasteiger partial charge is 0.346 e. The molecule has 188 valence electrons. The van der Waals surface area contributed by atoms with E-state index in [-0.39, 0.29) is 11.9 Å². The number of hydrogen-bond acceptors (Lipinski definition) is 7. The average molecular weight is 505 g/mol. The van der Waals surface area contributed by atoms with Gasteiger partial charge in [-0.25, -0.2) is 4.98 Å². The molecule has 0 radical (unpaired) electrons. The predicted molar refractivity (Wildman–Crippen MR) is 143 cm³/mol. The van der Waals surface area contributed by atoms with Gasteiger partial charge in [0.25, 0.3) is 5.91 Å². The lowest BCUT2D eigenvalue weighted by Crippen LogP contribution is -2.37. The summed E-state index contributed by atoms with van der Waals surface area (Å²) in [5.74, 6) is 1.75. The van der Waals surface area contributed by atoms with E-state index in [1.165, 1.54) is 0 Å². The van der Waals surface area contributed by atoms with Crippen molar-refractivity contribution in [3.8, 4) is 22.6 Å². The van der Waals surface area contributed by atoms with Crippen LogP contribution in [0.2, 0.25) is 0 Å². The fraction of sp³-hybridized carbons (Fsp3) is 0.385. The van der Waals surface area contributed by atoms with Crippen LogP contribution in [0.4, 0.5) is 0 Å². The number of aromatic amines is 2. The van der Waals surface area contributed by atoms with Gasteiger partial charge in [-0.15, -0.1) is 10.2 Å². The molecule has 1 aromatic carbocycles. The van der Waals surface area contributed by atoms with Crippen LogP contribution in [0.3, 0.4) is 0 Å². The van der Waals surface area contributed by atoms with Gasteiger partial charge in [0, 0.05) is 41.2 Å². The van der Waals surface area contributed by atoms with Crippen molar-refractivity contribution in [1.82, 2.24) is 40.9 Å². The third-order valence-corrected chi connectivity index (χ3v) is 6.31. The number of carbonyl (C=O) groups is 1. The fourth-order valence-electron chi connectivity index (χ4n) is 4.21. The number of carbonyl (C=O) groups excluding carboxylic acids is 1. The quantitative estimate of drug-likeness (QED) is 0.226. The third-order valence-electron chi connectivity index (χ3n) is 5.87. The monoisotopic (exact) mass is 504 g/mol. The van der Waals surface area contributed by atoms with Crippen LogP contribution in [-0.2, 0) is 12.8 Å². The topological polar surface area (TPSA) is 125 Å². The van der Waals surface area contributed by atoms with E-state index in [4.69, 9.17) is 4.98 Å². The molecule has 1 amide bonds. The lowest BCUT2D eigenvalue weighted by Gasteiger charge is -2.17. The number of H-pyrrole nitrogens is 2. The Hall–Kier alpha value is -3.53. The normalized spacial score (nSPS) is 12.1. The zero-order valence-corrected chi connectivity index (χ0v) is 21.7. The second-order valence-corrected chi connectivity index (χ2v) is 9.62. The van der Waals surface area contributed by atoms with Crippen molar-refractivity contribution in [2.45, 2.75) is 52.5 Å². The Labute approximate surface area is 216 Å². The first-order chi connectivity index (χ1) is 17.5. The number of pyridine rings is 1. The van der Waals surface area contributed by atoms with Crippen molar-refractivity contribution in [3.05, 3.63) is 65.4 Å². The molecule has 3 aromatic heterocycles. The summed E-state index contributed by atoms with van der Waals surface area (Å²) in [6.07, 6.45) is 5.08. The number of amides is 1. The smallest absolute Gasteiger partial charge is 0.287 e. The number of imidazole rings is 1. The Morgan fingerprint density at radius 3 is 2.58 bits per heavy atom. The summed E-state index contributed by atoms with van der Waals surface area (Å²) in [4.78, 5) is 25.5. The molecule has 3 N–H and O–H groups in total. The highest BCUT2D eigenvalue weighted by Gasteiger charge is 2.19. The Bertz CT molecular complexity index is 1270. The van der Waals surface area contributed by atoms with Crippen LogP contribution in [0, 0.1) is 5.92 Å². The summed E-state index contributed by atoms with van der Waals surface area (Å²) in [5.41, 5.74) is 5.49. The Balaban J connectivity index is 1.53. The molecule has 4 rings (SSSR count). The molecule has 1 unspecified atom stereocenters. The molecule has 0 spiro atoms. The minimum Gasteiger partial charge on any atom is -0.346 e. The van der Waals surface area contributed by atoms with Gasteiger partial charge in [-0.05, 0) is 35.6 Å². The van der Waals surface area contributed by atoms with Crippen molar-refractivity contribution in [1.29, 1.82) is 0 Å². The first-order valence-corrected chi connectivity index (χ1v) is 12.9. The first-order valence-electron chi connectivity index (χ1n) is 12.3. The SMILES string of the molecule is CCCc1nc(C(=O)NC(CS)CC(C)C)[nH]c1Cc1ccc(-c2ccccc2-c2nn[nH]n2)nc1. The molecule has 4 aromatic rings. The number of nitrogens with one attached hydrogen (secondary N) is 3. The van der Waals surface area contributed by atoms with Crippen LogP contribution in [0.15, 0.2) is 42.6 Å². The van der Waals surface area contributed by atoms with Crippen LogP contribution in [0.25, 0.3) is 22.6 Å². The van der Waals surface area contributed by atoms with E-state index in [0.717, 1.165) is 53.0 Å². The zero-order chi connectivity index (χ0) is 25.5. The van der Waals surface area contributed by atoms with Gasteiger partial charge >= 0.3 is 0 Å². The highest BCUT2D eigenvalue weighted by Crippen LogP contribution is 2.28. The van der Waals surface area contributed by atoms with Gasteiger partial charge in [-0.3, -0.25) is 9.78 Å². The van der Waals surface area contributed by atoms with Crippen LogP contribution >= 0.6 is 12.6 Å². The highest BCUT2D eigenvalue weighted by molar-refractivity contribution is 7.80. The van der Waals surface area contributed by atoms with Crippen molar-refractivity contribution in [2.24, 2.45) is 5.92 Å². The molecule has 1 atom stereocenters. The number of tetrazole rings is 1. The molecule has 0 aliphatic heterocycles. The molecule has 0 bridgehead atoms.